The van der Waals surface area contributed by atoms with Crippen molar-refractivity contribution in [1.29, 1.82) is 0 Å². The molecule has 0 amide bonds. The van der Waals surface area contributed by atoms with E-state index in [9.17, 15) is 5.11 Å². The van der Waals surface area contributed by atoms with Crippen molar-refractivity contribution in [3.05, 3.63) is 58.4 Å². The van der Waals surface area contributed by atoms with Crippen molar-refractivity contribution in [3.8, 4) is 0 Å². The molecule has 0 bridgehead atoms. The second-order valence-electron chi connectivity index (χ2n) is 6.86. The highest BCUT2D eigenvalue weighted by atomic mass is 35.5. The lowest BCUT2D eigenvalue weighted by Gasteiger charge is -2.32. The zero-order valence-corrected chi connectivity index (χ0v) is 15.0. The number of nitrogens with one attached hydrogen (secondary N) is 1. The number of anilines is 1. The van der Waals surface area contributed by atoms with Gasteiger partial charge in [0.25, 0.3) is 0 Å². The molecule has 1 saturated carbocycles. The predicted octanol–water partition coefficient (Wildman–Crippen LogP) is 3.78. The molecule has 25 heavy (non-hydrogen) atoms. The third-order valence-corrected chi connectivity index (χ3v) is 5.10. The molecule has 1 aliphatic rings. The van der Waals surface area contributed by atoms with Crippen molar-refractivity contribution in [1.82, 2.24) is 14.6 Å². The Morgan fingerprint density at radius 3 is 2.64 bits per heavy atom. The topological polar surface area (TPSA) is 62.5 Å². The molecule has 4 rings (SSSR count). The first-order valence-corrected chi connectivity index (χ1v) is 8.95. The predicted molar refractivity (Wildman–Crippen MR) is 99.3 cm³/mol. The highest BCUT2D eigenvalue weighted by molar-refractivity contribution is 6.30. The SMILES string of the molecule is Cc1cc(NC2CC(O)C2)n2nc(C(C)c3ccc(Cl)cc3)cc2n1. The molecule has 2 aromatic heterocycles. The molecule has 0 saturated heterocycles. The summed E-state index contributed by atoms with van der Waals surface area (Å²) in [7, 11) is 0. The van der Waals surface area contributed by atoms with E-state index in [0.29, 0.717) is 6.04 Å². The number of halogens is 1. The van der Waals surface area contributed by atoms with Crippen LogP contribution in [0.1, 0.15) is 42.6 Å². The Labute approximate surface area is 151 Å². The third kappa shape index (κ3) is 3.22. The van der Waals surface area contributed by atoms with Gasteiger partial charge in [-0.05, 0) is 37.5 Å². The molecule has 1 fully saturated rings. The average Bonchev–Trinajstić information content (AvgIpc) is 2.97. The molecule has 2 heterocycles. The van der Waals surface area contributed by atoms with Gasteiger partial charge in [-0.15, -0.1) is 0 Å². The van der Waals surface area contributed by atoms with Gasteiger partial charge >= 0.3 is 0 Å². The summed E-state index contributed by atoms with van der Waals surface area (Å²) in [6.45, 7) is 4.11. The summed E-state index contributed by atoms with van der Waals surface area (Å²) in [4.78, 5) is 4.60. The van der Waals surface area contributed by atoms with Gasteiger partial charge in [0.15, 0.2) is 5.65 Å². The first-order chi connectivity index (χ1) is 12.0. The van der Waals surface area contributed by atoms with Crippen molar-refractivity contribution in [2.24, 2.45) is 0 Å². The zero-order valence-electron chi connectivity index (χ0n) is 14.3. The summed E-state index contributed by atoms with van der Waals surface area (Å²) in [5, 5.41) is 18.5. The number of hydrogen-bond donors (Lipinski definition) is 2. The number of fused-ring (bicyclic) bond motifs is 1. The largest absolute Gasteiger partial charge is 0.393 e. The van der Waals surface area contributed by atoms with Crippen molar-refractivity contribution >= 4 is 23.1 Å². The molecule has 0 radical (unpaired) electrons. The van der Waals surface area contributed by atoms with Crippen LogP contribution < -0.4 is 5.32 Å². The van der Waals surface area contributed by atoms with Gasteiger partial charge in [0.05, 0.1) is 11.8 Å². The number of nitrogens with zero attached hydrogens (tertiary/aromatic N) is 3. The number of aryl methyl sites for hydroxylation is 1. The minimum Gasteiger partial charge on any atom is -0.393 e. The average molecular weight is 357 g/mol. The molecule has 0 spiro atoms. The van der Waals surface area contributed by atoms with Gasteiger partial charge in [-0.3, -0.25) is 0 Å². The van der Waals surface area contributed by atoms with Crippen LogP contribution in [0.25, 0.3) is 5.65 Å². The molecule has 1 aliphatic carbocycles. The van der Waals surface area contributed by atoms with Crippen LogP contribution in [0.3, 0.4) is 0 Å². The Balaban J connectivity index is 1.68. The fourth-order valence-electron chi connectivity index (χ4n) is 3.27. The van der Waals surface area contributed by atoms with Crippen LogP contribution in [0.4, 0.5) is 5.82 Å². The van der Waals surface area contributed by atoms with E-state index in [0.717, 1.165) is 40.7 Å². The quantitative estimate of drug-likeness (QED) is 0.746. The highest BCUT2D eigenvalue weighted by Crippen LogP contribution is 2.28. The molecule has 1 atom stereocenters. The summed E-state index contributed by atoms with van der Waals surface area (Å²) < 4.78 is 1.86. The van der Waals surface area contributed by atoms with Gasteiger partial charge in [0, 0.05) is 34.8 Å². The monoisotopic (exact) mass is 356 g/mol. The first kappa shape index (κ1) is 16.4. The smallest absolute Gasteiger partial charge is 0.157 e. The fraction of sp³-hybridized carbons (Fsp3) is 0.368. The molecule has 2 N–H and O–H groups in total. The van der Waals surface area contributed by atoms with Crippen molar-refractivity contribution in [2.45, 2.75) is 44.8 Å². The molecular formula is C19H21ClN4O. The van der Waals surface area contributed by atoms with Crippen LogP contribution in [-0.2, 0) is 0 Å². The van der Waals surface area contributed by atoms with Crippen molar-refractivity contribution in [2.75, 3.05) is 5.32 Å². The van der Waals surface area contributed by atoms with Crippen LogP contribution in [0.5, 0.6) is 0 Å². The Morgan fingerprint density at radius 2 is 1.96 bits per heavy atom. The van der Waals surface area contributed by atoms with Gasteiger partial charge in [0.1, 0.15) is 5.82 Å². The molecule has 6 heteroatoms. The summed E-state index contributed by atoms with van der Waals surface area (Å²) in [6.07, 6.45) is 1.37. The lowest BCUT2D eigenvalue weighted by molar-refractivity contribution is 0.0834. The fourth-order valence-corrected chi connectivity index (χ4v) is 3.40. The Hall–Kier alpha value is -2.11. The van der Waals surface area contributed by atoms with E-state index in [1.165, 1.54) is 5.56 Å². The van der Waals surface area contributed by atoms with Gasteiger partial charge < -0.3 is 10.4 Å². The molecule has 5 nitrogen and oxygen atoms in total. The lowest BCUT2D eigenvalue weighted by atomic mass is 9.89. The van der Waals surface area contributed by atoms with Gasteiger partial charge in [-0.1, -0.05) is 30.7 Å². The standard InChI is InChI=1S/C19H21ClN4O/c1-11-7-18(22-15-8-16(25)9-15)24-19(21-11)10-17(23-24)12(2)13-3-5-14(20)6-4-13/h3-7,10,12,15-16,22,25H,8-9H2,1-2H3. The van der Waals surface area contributed by atoms with Crippen LogP contribution >= 0.6 is 11.6 Å². The van der Waals surface area contributed by atoms with E-state index in [2.05, 4.69) is 17.2 Å². The van der Waals surface area contributed by atoms with E-state index in [1.807, 2.05) is 47.8 Å². The van der Waals surface area contributed by atoms with E-state index in [-0.39, 0.29) is 12.0 Å². The first-order valence-electron chi connectivity index (χ1n) is 8.57. The summed E-state index contributed by atoms with van der Waals surface area (Å²) in [5.74, 6) is 1.08. The number of aliphatic hydroxyl groups is 1. The van der Waals surface area contributed by atoms with E-state index >= 15 is 0 Å². The van der Waals surface area contributed by atoms with Crippen LogP contribution in [0, 0.1) is 6.92 Å². The van der Waals surface area contributed by atoms with E-state index < -0.39 is 0 Å². The summed E-state index contributed by atoms with van der Waals surface area (Å²) >= 11 is 5.99. The number of aromatic nitrogens is 3. The van der Waals surface area contributed by atoms with E-state index in [1.54, 1.807) is 0 Å². The van der Waals surface area contributed by atoms with Crippen LogP contribution in [-0.4, -0.2) is 31.9 Å². The summed E-state index contributed by atoms with van der Waals surface area (Å²) in [5.41, 5.74) is 3.91. The minimum atomic E-state index is -0.186. The molecule has 130 valence electrons. The van der Waals surface area contributed by atoms with E-state index in [4.69, 9.17) is 16.7 Å². The summed E-state index contributed by atoms with van der Waals surface area (Å²) in [6, 6.07) is 12.2. The number of benzene rings is 1. The minimum absolute atomic E-state index is 0.151. The molecular weight excluding hydrogens is 336 g/mol. The van der Waals surface area contributed by atoms with Crippen LogP contribution in [0.15, 0.2) is 36.4 Å². The number of rotatable bonds is 4. The highest BCUT2D eigenvalue weighted by Gasteiger charge is 2.27. The zero-order chi connectivity index (χ0) is 17.6. The molecule has 1 aromatic carbocycles. The number of aliphatic hydroxyl groups excluding tert-OH is 1. The Kier molecular flexibility index (Phi) is 4.13. The maximum absolute atomic E-state index is 9.50. The lowest BCUT2D eigenvalue weighted by Crippen LogP contribution is -2.39. The van der Waals surface area contributed by atoms with Crippen molar-refractivity contribution < 1.29 is 5.11 Å². The maximum atomic E-state index is 9.50. The Bertz CT molecular complexity index is 900. The second-order valence-corrected chi connectivity index (χ2v) is 7.30. The molecule has 1 unspecified atom stereocenters. The molecule has 3 aromatic rings. The van der Waals surface area contributed by atoms with Gasteiger partial charge in [-0.2, -0.15) is 9.61 Å². The van der Waals surface area contributed by atoms with Crippen molar-refractivity contribution in [3.63, 3.8) is 0 Å². The van der Waals surface area contributed by atoms with Gasteiger partial charge in [-0.25, -0.2) is 4.98 Å². The third-order valence-electron chi connectivity index (χ3n) is 4.85. The van der Waals surface area contributed by atoms with Crippen LogP contribution in [0.2, 0.25) is 5.02 Å². The normalized spacial score (nSPS) is 21.1. The maximum Gasteiger partial charge on any atom is 0.157 e. The number of hydrogen-bond acceptors (Lipinski definition) is 4. The van der Waals surface area contributed by atoms with Gasteiger partial charge in [0.2, 0.25) is 0 Å². The molecule has 0 aliphatic heterocycles. The Morgan fingerprint density at radius 1 is 1.24 bits per heavy atom. The second kappa shape index (κ2) is 6.32.